The molecule has 6 nitrogen and oxygen atoms in total. The van der Waals surface area contributed by atoms with Gasteiger partial charge in [-0.2, -0.15) is 0 Å². The highest BCUT2D eigenvalue weighted by Gasteiger charge is 2.18. The lowest BCUT2D eigenvalue weighted by atomic mass is 10.0. The van der Waals surface area contributed by atoms with Crippen LogP contribution in [0.5, 0.6) is 0 Å². The summed E-state index contributed by atoms with van der Waals surface area (Å²) in [4.78, 5) is 24.5. The van der Waals surface area contributed by atoms with Crippen LogP contribution in [0.3, 0.4) is 0 Å². The summed E-state index contributed by atoms with van der Waals surface area (Å²) in [6, 6.07) is -0.648. The Morgan fingerprint density at radius 3 is 1.25 bits per heavy atom. The second-order valence-electron chi connectivity index (χ2n) is 20.3. The van der Waals surface area contributed by atoms with Crippen molar-refractivity contribution in [1.82, 2.24) is 5.32 Å². The van der Waals surface area contributed by atoms with Crippen molar-refractivity contribution in [3.8, 4) is 0 Å². The maximum Gasteiger partial charge on any atom is 0.305 e. The lowest BCUT2D eigenvalue weighted by molar-refractivity contribution is -0.143. The monoisotopic (exact) mass is 966 g/mol. The SMILES string of the molecule is CCC/C=C\C/C=C\CCCCCCCC(=O)OCCCCC/C=C\C=C/CCCCCCCCC(=O)NC(CO)C(O)/C=C/CCCCCCCCCCCCCCCCCCCCCCCC. The predicted molar refractivity (Wildman–Crippen MR) is 301 cm³/mol. The van der Waals surface area contributed by atoms with Gasteiger partial charge < -0.3 is 20.3 Å². The zero-order valence-corrected chi connectivity index (χ0v) is 45.8. The van der Waals surface area contributed by atoms with Gasteiger partial charge in [-0.05, 0) is 89.9 Å². The molecule has 0 aromatic carbocycles. The first-order chi connectivity index (χ1) is 34.0. The number of amides is 1. The van der Waals surface area contributed by atoms with Crippen molar-refractivity contribution in [2.75, 3.05) is 13.2 Å². The average molecular weight is 967 g/mol. The van der Waals surface area contributed by atoms with Gasteiger partial charge in [0, 0.05) is 12.8 Å². The number of rotatable bonds is 55. The fraction of sp³-hybridized carbons (Fsp3) is 0.810. The maximum atomic E-state index is 12.5. The zero-order chi connectivity index (χ0) is 50.0. The van der Waals surface area contributed by atoms with E-state index in [1.165, 1.54) is 186 Å². The van der Waals surface area contributed by atoms with E-state index in [-0.39, 0.29) is 18.5 Å². The minimum Gasteiger partial charge on any atom is -0.466 e. The highest BCUT2D eigenvalue weighted by molar-refractivity contribution is 5.76. The number of hydrogen-bond acceptors (Lipinski definition) is 5. The Hall–Kier alpha value is -2.44. The van der Waals surface area contributed by atoms with Crippen molar-refractivity contribution in [3.63, 3.8) is 0 Å². The predicted octanol–water partition coefficient (Wildman–Crippen LogP) is 18.7. The van der Waals surface area contributed by atoms with Crippen LogP contribution in [-0.4, -0.2) is 47.4 Å². The van der Waals surface area contributed by atoms with Gasteiger partial charge in [-0.15, -0.1) is 0 Å². The van der Waals surface area contributed by atoms with Crippen molar-refractivity contribution in [2.24, 2.45) is 0 Å². The molecule has 2 atom stereocenters. The van der Waals surface area contributed by atoms with Gasteiger partial charge >= 0.3 is 5.97 Å². The van der Waals surface area contributed by atoms with Gasteiger partial charge in [0.2, 0.25) is 5.91 Å². The van der Waals surface area contributed by atoms with E-state index >= 15 is 0 Å². The Kier molecular flexibility index (Phi) is 56.1. The molecule has 0 rings (SSSR count). The first kappa shape index (κ1) is 66.6. The van der Waals surface area contributed by atoms with Gasteiger partial charge in [-0.25, -0.2) is 0 Å². The van der Waals surface area contributed by atoms with Gasteiger partial charge in [0.25, 0.3) is 0 Å². The summed E-state index contributed by atoms with van der Waals surface area (Å²) in [6.07, 6.45) is 75.4. The summed E-state index contributed by atoms with van der Waals surface area (Å²) in [5, 5.41) is 23.2. The standard InChI is InChI=1S/C63H115NO5/c1-3-5-7-9-11-13-15-17-18-19-20-21-22-23-24-25-26-28-32-35-39-43-47-51-55-61(66)60(59-65)64-62(67)56-52-48-44-40-36-33-29-27-30-34-38-42-46-50-54-58-69-63(68)57-53-49-45-41-37-31-16-14-12-10-8-6-4-2/h8,10,14,16,27,30,34,38,51,55,60-61,65-66H,3-7,9,11-13,15,17-26,28-29,31-33,35-37,39-50,52-54,56-59H2,1-2H3,(H,64,67)/b10-8-,16-14-,30-27-,38-34-,55-51+. The molecular formula is C63H115NO5. The number of aliphatic hydroxyl groups is 2. The largest absolute Gasteiger partial charge is 0.466 e. The molecule has 0 aliphatic rings. The van der Waals surface area contributed by atoms with Crippen molar-refractivity contribution in [1.29, 1.82) is 0 Å². The summed E-state index contributed by atoms with van der Waals surface area (Å²) in [5.74, 6) is -0.128. The third kappa shape index (κ3) is 54.7. The number of ether oxygens (including phenoxy) is 1. The van der Waals surface area contributed by atoms with Crippen LogP contribution in [0.1, 0.15) is 303 Å². The minimum atomic E-state index is -0.862. The first-order valence-corrected chi connectivity index (χ1v) is 30.1. The fourth-order valence-corrected chi connectivity index (χ4v) is 8.90. The number of allylic oxidation sites excluding steroid dienone is 9. The smallest absolute Gasteiger partial charge is 0.305 e. The highest BCUT2D eigenvalue weighted by Crippen LogP contribution is 2.17. The van der Waals surface area contributed by atoms with Gasteiger partial charge in [-0.3, -0.25) is 9.59 Å². The van der Waals surface area contributed by atoms with Crippen LogP contribution in [0.15, 0.2) is 60.8 Å². The molecule has 3 N–H and O–H groups in total. The lowest BCUT2D eigenvalue weighted by Crippen LogP contribution is -2.45. The summed E-state index contributed by atoms with van der Waals surface area (Å²) in [6.45, 7) is 4.78. The quantitative estimate of drug-likeness (QED) is 0.0244. The number of nitrogens with one attached hydrogen (secondary N) is 1. The van der Waals surface area contributed by atoms with Crippen LogP contribution >= 0.6 is 0 Å². The summed E-state index contributed by atoms with van der Waals surface area (Å²) in [7, 11) is 0. The van der Waals surface area contributed by atoms with Crippen molar-refractivity contribution in [2.45, 2.75) is 315 Å². The fourth-order valence-electron chi connectivity index (χ4n) is 8.90. The van der Waals surface area contributed by atoms with E-state index in [4.69, 9.17) is 4.74 Å². The Labute approximate surface area is 428 Å². The van der Waals surface area contributed by atoms with E-state index in [0.29, 0.717) is 19.4 Å². The average Bonchev–Trinajstić information content (AvgIpc) is 3.35. The molecule has 1 amide bonds. The Morgan fingerprint density at radius 1 is 0.420 bits per heavy atom. The van der Waals surface area contributed by atoms with E-state index in [1.807, 2.05) is 6.08 Å². The third-order valence-corrected chi connectivity index (χ3v) is 13.5. The van der Waals surface area contributed by atoms with Crippen LogP contribution < -0.4 is 5.32 Å². The van der Waals surface area contributed by atoms with Crippen molar-refractivity contribution >= 4 is 11.9 Å². The van der Waals surface area contributed by atoms with E-state index in [1.54, 1.807) is 6.08 Å². The number of unbranched alkanes of at least 4 members (excludes halogenated alkanes) is 37. The summed E-state index contributed by atoms with van der Waals surface area (Å²) in [5.41, 5.74) is 0. The van der Waals surface area contributed by atoms with Gasteiger partial charge in [0.1, 0.15) is 0 Å². The van der Waals surface area contributed by atoms with Crippen LogP contribution in [0.4, 0.5) is 0 Å². The molecule has 0 saturated heterocycles. The maximum absolute atomic E-state index is 12.5. The van der Waals surface area contributed by atoms with Gasteiger partial charge in [-0.1, -0.05) is 261 Å². The number of esters is 1. The van der Waals surface area contributed by atoms with Gasteiger partial charge in [0.15, 0.2) is 0 Å². The van der Waals surface area contributed by atoms with Crippen molar-refractivity contribution in [3.05, 3.63) is 60.8 Å². The molecule has 2 unspecified atom stereocenters. The van der Waals surface area contributed by atoms with E-state index in [0.717, 1.165) is 89.9 Å². The lowest BCUT2D eigenvalue weighted by Gasteiger charge is -2.20. The molecule has 69 heavy (non-hydrogen) atoms. The second kappa shape index (κ2) is 58.1. The molecule has 0 aromatic rings. The molecule has 6 heteroatoms. The molecule has 0 saturated carbocycles. The molecule has 0 spiro atoms. The number of hydrogen-bond donors (Lipinski definition) is 3. The Morgan fingerprint density at radius 2 is 0.797 bits per heavy atom. The second-order valence-corrected chi connectivity index (χ2v) is 20.3. The molecule has 402 valence electrons. The van der Waals surface area contributed by atoms with E-state index in [9.17, 15) is 19.8 Å². The molecule has 0 fully saturated rings. The van der Waals surface area contributed by atoms with Crippen LogP contribution in [0.25, 0.3) is 0 Å². The number of aliphatic hydroxyl groups excluding tert-OH is 2. The van der Waals surface area contributed by atoms with Gasteiger partial charge in [0.05, 0.1) is 25.4 Å². The molecule has 0 aliphatic heterocycles. The molecule has 0 heterocycles. The molecule has 0 aliphatic carbocycles. The van der Waals surface area contributed by atoms with E-state index in [2.05, 4.69) is 67.8 Å². The normalized spacial score (nSPS) is 13.0. The summed E-state index contributed by atoms with van der Waals surface area (Å²) < 4.78 is 5.43. The number of carbonyl (C=O) groups excluding carboxylic acids is 2. The van der Waals surface area contributed by atoms with Crippen LogP contribution in [-0.2, 0) is 14.3 Å². The zero-order valence-electron chi connectivity index (χ0n) is 45.8. The van der Waals surface area contributed by atoms with Crippen molar-refractivity contribution < 1.29 is 24.5 Å². The molecule has 0 radical (unpaired) electrons. The Bertz CT molecular complexity index is 1210. The Balaban J connectivity index is 3.56. The molecule has 0 bridgehead atoms. The van der Waals surface area contributed by atoms with E-state index < -0.39 is 12.1 Å². The first-order valence-electron chi connectivity index (χ1n) is 30.1. The highest BCUT2D eigenvalue weighted by atomic mass is 16.5. The van der Waals surface area contributed by atoms with Crippen LogP contribution in [0, 0.1) is 0 Å². The molecule has 0 aromatic heterocycles. The minimum absolute atomic E-state index is 0.0386. The molecular weight excluding hydrogens is 851 g/mol. The summed E-state index contributed by atoms with van der Waals surface area (Å²) >= 11 is 0. The van der Waals surface area contributed by atoms with Crippen LogP contribution in [0.2, 0.25) is 0 Å². The topological polar surface area (TPSA) is 95.9 Å². The third-order valence-electron chi connectivity index (χ3n) is 13.5. The number of carbonyl (C=O) groups is 2.